The number of thiophene rings is 1. The third kappa shape index (κ3) is 4.23. The summed E-state index contributed by atoms with van der Waals surface area (Å²) in [5.41, 5.74) is 11.2. The molecule has 0 aliphatic heterocycles. The van der Waals surface area contributed by atoms with Gasteiger partial charge in [-0.25, -0.2) is 0 Å². The molecule has 0 spiro atoms. The van der Waals surface area contributed by atoms with Gasteiger partial charge in [-0.2, -0.15) is 0 Å². The molecule has 0 aromatic carbocycles. The first-order valence-corrected chi connectivity index (χ1v) is 6.70. The van der Waals surface area contributed by atoms with Crippen LogP contribution in [-0.4, -0.2) is 5.91 Å². The molecular weight excluding hydrogens is 288 g/mol. The number of primary amides is 1. The Bertz CT molecular complexity index is 376. The second-order valence-corrected chi connectivity index (χ2v) is 7.25. The Morgan fingerprint density at radius 3 is 2.62 bits per heavy atom. The zero-order valence-electron chi connectivity index (χ0n) is 9.50. The van der Waals surface area contributed by atoms with Crippen molar-refractivity contribution in [1.82, 2.24) is 0 Å². The summed E-state index contributed by atoms with van der Waals surface area (Å²) in [5, 5.41) is 0. The number of nitrogens with two attached hydrogens (primary N) is 2. The van der Waals surface area contributed by atoms with E-state index in [2.05, 4.69) is 15.9 Å². The van der Waals surface area contributed by atoms with E-state index in [0.29, 0.717) is 6.42 Å². The maximum atomic E-state index is 10.9. The predicted octanol–water partition coefficient (Wildman–Crippen LogP) is 2.80. The van der Waals surface area contributed by atoms with Gasteiger partial charge in [0, 0.05) is 17.3 Å². The molecule has 0 aliphatic rings. The lowest BCUT2D eigenvalue weighted by molar-refractivity contribution is -0.120. The van der Waals surface area contributed by atoms with E-state index in [9.17, 15) is 4.79 Å². The summed E-state index contributed by atoms with van der Waals surface area (Å²) in [5.74, 6) is -0.274. The number of hydrogen-bond donors (Lipinski definition) is 2. The molecule has 1 amide bonds. The molecular formula is C11H17BrN2OS. The summed E-state index contributed by atoms with van der Waals surface area (Å²) >= 11 is 5.04. The van der Waals surface area contributed by atoms with Crippen molar-refractivity contribution in [1.29, 1.82) is 0 Å². The highest BCUT2D eigenvalue weighted by atomic mass is 79.9. The smallest absolute Gasteiger partial charge is 0.217 e. The molecule has 16 heavy (non-hydrogen) atoms. The number of carbonyl (C=O) groups excluding carboxylic acids is 1. The second-order valence-electron chi connectivity index (χ2n) is 4.76. The Hall–Kier alpha value is -0.390. The van der Waals surface area contributed by atoms with Crippen molar-refractivity contribution in [2.75, 3.05) is 0 Å². The van der Waals surface area contributed by atoms with Gasteiger partial charge in [-0.15, -0.1) is 11.3 Å². The first-order valence-electron chi connectivity index (χ1n) is 5.09. The molecule has 90 valence electrons. The second kappa shape index (κ2) is 5.29. The van der Waals surface area contributed by atoms with Crippen LogP contribution >= 0.6 is 27.3 Å². The van der Waals surface area contributed by atoms with E-state index in [1.807, 2.05) is 26.0 Å². The molecule has 1 aromatic rings. The van der Waals surface area contributed by atoms with Crippen LogP contribution in [0.25, 0.3) is 0 Å². The molecule has 0 aliphatic carbocycles. The van der Waals surface area contributed by atoms with Gasteiger partial charge in [0.15, 0.2) is 0 Å². The molecule has 1 unspecified atom stereocenters. The van der Waals surface area contributed by atoms with Gasteiger partial charge in [0.2, 0.25) is 5.91 Å². The molecule has 1 rings (SSSR count). The van der Waals surface area contributed by atoms with Crippen LogP contribution in [0.5, 0.6) is 0 Å². The number of halogens is 1. The standard InChI is InChI=1S/C11H17BrN2OS/c1-11(2,6-10(14)15)5-7(13)8-3-4-9(12)16-8/h3-4,7H,5-6,13H2,1-2H3,(H2,14,15). The van der Waals surface area contributed by atoms with Crippen LogP contribution in [0, 0.1) is 5.41 Å². The average Bonchev–Trinajstić information content (AvgIpc) is 2.47. The van der Waals surface area contributed by atoms with Crippen molar-refractivity contribution in [2.24, 2.45) is 16.9 Å². The molecule has 3 nitrogen and oxygen atoms in total. The summed E-state index contributed by atoms with van der Waals surface area (Å²) < 4.78 is 1.07. The fraction of sp³-hybridized carbons (Fsp3) is 0.545. The van der Waals surface area contributed by atoms with Gasteiger partial charge in [0.25, 0.3) is 0 Å². The molecule has 1 aromatic heterocycles. The van der Waals surface area contributed by atoms with Crippen LogP contribution in [0.4, 0.5) is 0 Å². The van der Waals surface area contributed by atoms with Crippen LogP contribution < -0.4 is 11.5 Å². The molecule has 0 radical (unpaired) electrons. The monoisotopic (exact) mass is 304 g/mol. The number of carbonyl (C=O) groups is 1. The van der Waals surface area contributed by atoms with E-state index in [1.165, 1.54) is 0 Å². The summed E-state index contributed by atoms with van der Waals surface area (Å²) in [7, 11) is 0. The summed E-state index contributed by atoms with van der Waals surface area (Å²) in [6.45, 7) is 4.03. The molecule has 0 saturated heterocycles. The van der Waals surface area contributed by atoms with Crippen molar-refractivity contribution in [3.05, 3.63) is 20.8 Å². The minimum Gasteiger partial charge on any atom is -0.370 e. The lowest BCUT2D eigenvalue weighted by Gasteiger charge is -2.26. The van der Waals surface area contributed by atoms with Crippen LogP contribution in [0.2, 0.25) is 0 Å². The zero-order chi connectivity index (χ0) is 12.3. The predicted molar refractivity (Wildman–Crippen MR) is 71.2 cm³/mol. The minimum atomic E-state index is -0.274. The van der Waals surface area contributed by atoms with Gasteiger partial charge in [-0.3, -0.25) is 4.79 Å². The Morgan fingerprint density at radius 1 is 1.56 bits per heavy atom. The van der Waals surface area contributed by atoms with Crippen LogP contribution in [-0.2, 0) is 4.79 Å². The van der Waals surface area contributed by atoms with E-state index in [0.717, 1.165) is 15.1 Å². The molecule has 5 heteroatoms. The third-order valence-corrected chi connectivity index (χ3v) is 4.14. The highest BCUT2D eigenvalue weighted by Gasteiger charge is 2.25. The Kier molecular flexibility index (Phi) is 4.52. The Labute approximate surface area is 108 Å². The van der Waals surface area contributed by atoms with Gasteiger partial charge < -0.3 is 11.5 Å². The van der Waals surface area contributed by atoms with Crippen molar-refractivity contribution >= 4 is 33.2 Å². The van der Waals surface area contributed by atoms with E-state index in [4.69, 9.17) is 11.5 Å². The topological polar surface area (TPSA) is 69.1 Å². The Morgan fingerprint density at radius 2 is 2.19 bits per heavy atom. The number of rotatable bonds is 5. The first-order chi connectivity index (χ1) is 7.30. The van der Waals surface area contributed by atoms with E-state index in [1.54, 1.807) is 11.3 Å². The first kappa shape index (κ1) is 13.7. The van der Waals surface area contributed by atoms with E-state index >= 15 is 0 Å². The van der Waals surface area contributed by atoms with E-state index in [-0.39, 0.29) is 17.4 Å². The SMILES string of the molecule is CC(C)(CC(N)=O)CC(N)c1ccc(Br)s1. The normalized spacial score (nSPS) is 13.8. The Balaban J connectivity index is 2.63. The fourth-order valence-electron chi connectivity index (χ4n) is 1.77. The molecule has 0 fully saturated rings. The third-order valence-electron chi connectivity index (χ3n) is 2.38. The average molecular weight is 305 g/mol. The number of amides is 1. The molecule has 0 saturated carbocycles. The lowest BCUT2D eigenvalue weighted by Crippen LogP contribution is -2.26. The fourth-order valence-corrected chi connectivity index (χ4v) is 3.19. The number of hydrogen-bond acceptors (Lipinski definition) is 3. The van der Waals surface area contributed by atoms with Crippen molar-refractivity contribution in [3.8, 4) is 0 Å². The van der Waals surface area contributed by atoms with Gasteiger partial charge >= 0.3 is 0 Å². The van der Waals surface area contributed by atoms with Crippen molar-refractivity contribution in [2.45, 2.75) is 32.7 Å². The molecule has 0 bridgehead atoms. The summed E-state index contributed by atoms with van der Waals surface area (Å²) in [4.78, 5) is 12.0. The van der Waals surface area contributed by atoms with Crippen LogP contribution in [0.1, 0.15) is 37.6 Å². The maximum absolute atomic E-state index is 10.9. The van der Waals surface area contributed by atoms with Crippen molar-refractivity contribution in [3.63, 3.8) is 0 Å². The highest BCUT2D eigenvalue weighted by molar-refractivity contribution is 9.11. The van der Waals surface area contributed by atoms with E-state index < -0.39 is 0 Å². The summed E-state index contributed by atoms with van der Waals surface area (Å²) in [6, 6.07) is 3.96. The highest BCUT2D eigenvalue weighted by Crippen LogP contribution is 2.35. The minimum absolute atomic E-state index is 0.0364. The van der Waals surface area contributed by atoms with Gasteiger partial charge in [-0.1, -0.05) is 13.8 Å². The van der Waals surface area contributed by atoms with Crippen molar-refractivity contribution < 1.29 is 4.79 Å². The van der Waals surface area contributed by atoms with Gasteiger partial charge in [0.1, 0.15) is 0 Å². The summed E-state index contributed by atoms with van der Waals surface area (Å²) in [6.07, 6.45) is 1.12. The maximum Gasteiger partial charge on any atom is 0.217 e. The molecule has 1 atom stereocenters. The molecule has 4 N–H and O–H groups in total. The van der Waals surface area contributed by atoms with Crippen LogP contribution in [0.3, 0.4) is 0 Å². The van der Waals surface area contributed by atoms with Gasteiger partial charge in [0.05, 0.1) is 3.79 Å². The largest absolute Gasteiger partial charge is 0.370 e. The van der Waals surface area contributed by atoms with Gasteiger partial charge in [-0.05, 0) is 39.9 Å². The van der Waals surface area contributed by atoms with Crippen LogP contribution in [0.15, 0.2) is 15.9 Å². The molecule has 1 heterocycles. The quantitative estimate of drug-likeness (QED) is 0.878. The zero-order valence-corrected chi connectivity index (χ0v) is 11.9. The lowest BCUT2D eigenvalue weighted by atomic mass is 9.82.